The number of benzene rings is 1. The van der Waals surface area contributed by atoms with Gasteiger partial charge in [0.25, 0.3) is 5.91 Å². The molecule has 23 heavy (non-hydrogen) atoms. The van der Waals surface area contributed by atoms with E-state index >= 15 is 0 Å². The first-order chi connectivity index (χ1) is 10.9. The molecule has 0 saturated carbocycles. The van der Waals surface area contributed by atoms with Crippen molar-refractivity contribution in [2.75, 3.05) is 0 Å². The third kappa shape index (κ3) is 2.76. The molecule has 2 heterocycles. The molecule has 0 aliphatic carbocycles. The third-order valence-corrected chi connectivity index (χ3v) is 4.95. The van der Waals surface area contributed by atoms with Crippen LogP contribution in [-0.4, -0.2) is 37.7 Å². The van der Waals surface area contributed by atoms with Crippen molar-refractivity contribution in [1.29, 1.82) is 0 Å². The van der Waals surface area contributed by atoms with E-state index in [2.05, 4.69) is 21.0 Å². The molecule has 1 unspecified atom stereocenters. The van der Waals surface area contributed by atoms with Crippen LogP contribution < -0.4 is 0 Å². The van der Waals surface area contributed by atoms with Gasteiger partial charge >= 0.3 is 5.97 Å². The highest BCUT2D eigenvalue weighted by Crippen LogP contribution is 2.30. The van der Waals surface area contributed by atoms with Crippen LogP contribution in [0.15, 0.2) is 28.7 Å². The minimum absolute atomic E-state index is 0.264. The first kappa shape index (κ1) is 15.7. The van der Waals surface area contributed by atoms with Gasteiger partial charge in [-0.1, -0.05) is 28.1 Å². The number of aliphatic carboxylic acids is 1. The predicted octanol–water partition coefficient (Wildman–Crippen LogP) is 2.14. The van der Waals surface area contributed by atoms with Crippen LogP contribution in [0, 0.1) is 6.92 Å². The molecule has 2 aromatic rings. The van der Waals surface area contributed by atoms with Crippen LogP contribution in [-0.2, 0) is 24.8 Å². The second-order valence-corrected chi connectivity index (χ2v) is 6.52. The average Bonchev–Trinajstić information content (AvgIpc) is 2.85. The van der Waals surface area contributed by atoms with E-state index in [1.807, 2.05) is 25.1 Å². The molecule has 0 saturated heterocycles. The Morgan fingerprint density at radius 2 is 2.13 bits per heavy atom. The SMILES string of the molecule is Cc1cc(C(=O)N2Cc3cccc(Br)c3CC2C(=O)O)nn1C. The maximum atomic E-state index is 12.7. The Morgan fingerprint density at radius 1 is 1.39 bits per heavy atom. The first-order valence-corrected chi connectivity index (χ1v) is 7.98. The van der Waals surface area contributed by atoms with E-state index in [1.54, 1.807) is 17.8 Å². The molecular weight excluding hydrogens is 362 g/mol. The largest absolute Gasteiger partial charge is 0.480 e. The molecule has 120 valence electrons. The lowest BCUT2D eigenvalue weighted by molar-refractivity contribution is -0.142. The number of hydrogen-bond acceptors (Lipinski definition) is 3. The molecular formula is C16H16BrN3O3. The number of carbonyl (C=O) groups excluding carboxylic acids is 1. The van der Waals surface area contributed by atoms with Gasteiger partial charge in [0.05, 0.1) is 0 Å². The summed E-state index contributed by atoms with van der Waals surface area (Å²) in [7, 11) is 1.75. The molecule has 6 nitrogen and oxygen atoms in total. The summed E-state index contributed by atoms with van der Waals surface area (Å²) in [6, 6.07) is 6.48. The zero-order valence-corrected chi connectivity index (χ0v) is 14.4. The summed E-state index contributed by atoms with van der Waals surface area (Å²) in [5.74, 6) is -1.36. The predicted molar refractivity (Wildman–Crippen MR) is 87.1 cm³/mol. The number of fused-ring (bicyclic) bond motifs is 1. The van der Waals surface area contributed by atoms with Gasteiger partial charge < -0.3 is 10.0 Å². The van der Waals surface area contributed by atoms with Gasteiger partial charge in [-0.15, -0.1) is 0 Å². The minimum Gasteiger partial charge on any atom is -0.480 e. The number of halogens is 1. The molecule has 0 radical (unpaired) electrons. The van der Waals surface area contributed by atoms with Gasteiger partial charge in [0.1, 0.15) is 6.04 Å². The number of carboxylic acid groups (broad SMARTS) is 1. The summed E-state index contributed by atoms with van der Waals surface area (Å²) in [5.41, 5.74) is 3.02. The van der Waals surface area contributed by atoms with E-state index in [-0.39, 0.29) is 24.6 Å². The Kier molecular flexibility index (Phi) is 3.97. The molecule has 1 N–H and O–H groups in total. The molecule has 1 aromatic heterocycles. The lowest BCUT2D eigenvalue weighted by Gasteiger charge is -2.34. The second kappa shape index (κ2) is 5.81. The summed E-state index contributed by atoms with van der Waals surface area (Å²) in [6.45, 7) is 2.11. The van der Waals surface area contributed by atoms with Crippen molar-refractivity contribution in [3.63, 3.8) is 0 Å². The summed E-state index contributed by atoms with van der Waals surface area (Å²) < 4.78 is 2.49. The van der Waals surface area contributed by atoms with Crippen LogP contribution in [0.2, 0.25) is 0 Å². The lowest BCUT2D eigenvalue weighted by atomic mass is 9.93. The molecule has 1 aliphatic rings. The molecule has 1 aliphatic heterocycles. The molecule has 7 heteroatoms. The third-order valence-electron chi connectivity index (χ3n) is 4.21. The monoisotopic (exact) mass is 377 g/mol. The summed E-state index contributed by atoms with van der Waals surface area (Å²) in [5, 5.41) is 13.7. The van der Waals surface area contributed by atoms with Crippen molar-refractivity contribution in [2.24, 2.45) is 7.05 Å². The minimum atomic E-state index is -1.01. The highest BCUT2D eigenvalue weighted by atomic mass is 79.9. The van der Waals surface area contributed by atoms with Crippen LogP contribution in [0.4, 0.5) is 0 Å². The molecule has 1 amide bonds. The number of nitrogens with zero attached hydrogens (tertiary/aromatic N) is 3. The van der Waals surface area contributed by atoms with Gasteiger partial charge in [-0.2, -0.15) is 5.10 Å². The van der Waals surface area contributed by atoms with Gasteiger partial charge in [0.2, 0.25) is 0 Å². The number of carbonyl (C=O) groups is 2. The number of aromatic nitrogens is 2. The van der Waals surface area contributed by atoms with Gasteiger partial charge in [0, 0.05) is 30.2 Å². The Balaban J connectivity index is 1.99. The van der Waals surface area contributed by atoms with Crippen LogP contribution in [0.3, 0.4) is 0 Å². The second-order valence-electron chi connectivity index (χ2n) is 5.66. The van der Waals surface area contributed by atoms with E-state index < -0.39 is 12.0 Å². The summed E-state index contributed by atoms with van der Waals surface area (Å²) in [6.07, 6.45) is 0.281. The molecule has 1 aromatic carbocycles. The zero-order valence-electron chi connectivity index (χ0n) is 12.8. The van der Waals surface area contributed by atoms with Crippen molar-refractivity contribution in [3.8, 4) is 0 Å². The van der Waals surface area contributed by atoms with Crippen LogP contribution in [0.25, 0.3) is 0 Å². The number of hydrogen-bond donors (Lipinski definition) is 1. The van der Waals surface area contributed by atoms with E-state index in [4.69, 9.17) is 0 Å². The van der Waals surface area contributed by atoms with E-state index in [0.29, 0.717) is 0 Å². The standard InChI is InChI=1S/C16H16BrN3O3/c1-9-6-13(18-19(9)2)15(21)20-8-10-4-3-5-12(17)11(10)7-14(20)16(22)23/h3-6,14H,7-8H2,1-2H3,(H,22,23). The summed E-state index contributed by atoms with van der Waals surface area (Å²) in [4.78, 5) is 25.8. The van der Waals surface area contributed by atoms with E-state index in [0.717, 1.165) is 21.3 Å². The Bertz CT molecular complexity index is 780. The fourth-order valence-corrected chi connectivity index (χ4v) is 3.39. The maximum Gasteiger partial charge on any atom is 0.326 e. The Hall–Kier alpha value is -2.15. The van der Waals surface area contributed by atoms with Crippen molar-refractivity contribution in [3.05, 3.63) is 51.3 Å². The molecule has 0 fully saturated rings. The quantitative estimate of drug-likeness (QED) is 0.869. The molecule has 1 atom stereocenters. The number of amides is 1. The van der Waals surface area contributed by atoms with Gasteiger partial charge in [-0.3, -0.25) is 9.48 Å². The van der Waals surface area contributed by atoms with Crippen molar-refractivity contribution in [1.82, 2.24) is 14.7 Å². The zero-order chi connectivity index (χ0) is 16.7. The molecule has 3 rings (SSSR count). The highest BCUT2D eigenvalue weighted by Gasteiger charge is 2.36. The highest BCUT2D eigenvalue weighted by molar-refractivity contribution is 9.10. The van der Waals surface area contributed by atoms with Gasteiger partial charge in [-0.25, -0.2) is 4.79 Å². The fraction of sp³-hybridized carbons (Fsp3) is 0.312. The van der Waals surface area contributed by atoms with Crippen molar-refractivity contribution >= 4 is 27.8 Å². The maximum absolute atomic E-state index is 12.7. The van der Waals surface area contributed by atoms with Crippen molar-refractivity contribution < 1.29 is 14.7 Å². The molecule has 0 spiro atoms. The van der Waals surface area contributed by atoms with Crippen LogP contribution in [0.1, 0.15) is 27.3 Å². The van der Waals surface area contributed by atoms with Gasteiger partial charge in [0.15, 0.2) is 5.69 Å². The van der Waals surface area contributed by atoms with E-state index in [1.165, 1.54) is 4.90 Å². The Labute approximate surface area is 141 Å². The van der Waals surface area contributed by atoms with Crippen LogP contribution in [0.5, 0.6) is 0 Å². The number of rotatable bonds is 2. The summed E-state index contributed by atoms with van der Waals surface area (Å²) >= 11 is 3.46. The average molecular weight is 378 g/mol. The van der Waals surface area contributed by atoms with Gasteiger partial charge in [-0.05, 0) is 30.2 Å². The number of carboxylic acids is 1. The lowest BCUT2D eigenvalue weighted by Crippen LogP contribution is -2.48. The van der Waals surface area contributed by atoms with Crippen LogP contribution >= 0.6 is 15.9 Å². The van der Waals surface area contributed by atoms with E-state index in [9.17, 15) is 14.7 Å². The molecule has 0 bridgehead atoms. The number of aryl methyl sites for hydroxylation is 2. The fourth-order valence-electron chi connectivity index (χ4n) is 2.82. The first-order valence-electron chi connectivity index (χ1n) is 7.19. The topological polar surface area (TPSA) is 75.4 Å². The Morgan fingerprint density at radius 3 is 2.74 bits per heavy atom. The van der Waals surface area contributed by atoms with Crippen molar-refractivity contribution in [2.45, 2.75) is 25.9 Å². The normalized spacial score (nSPS) is 17.0. The smallest absolute Gasteiger partial charge is 0.326 e.